The first-order valence-electron chi connectivity index (χ1n) is 6.59. The fraction of sp³-hybridized carbons (Fsp3) is 0.583. The van der Waals surface area contributed by atoms with Crippen molar-refractivity contribution >= 4 is 18.5 Å². The number of aliphatic hydroxyl groups excluding tert-OH is 3. The number of fused-ring (bicyclic) bond motifs is 1. The maximum absolute atomic E-state index is 14.5. The number of aliphatic hydroxyl groups is 3. The van der Waals surface area contributed by atoms with Crippen LogP contribution in [0.25, 0.3) is 0 Å². The highest BCUT2D eigenvalue weighted by molar-refractivity contribution is 5.96. The van der Waals surface area contributed by atoms with Crippen LogP contribution in [0.4, 0.5) is 4.39 Å². The van der Waals surface area contributed by atoms with Gasteiger partial charge in [-0.25, -0.2) is 9.38 Å². The third kappa shape index (κ3) is 2.04. The molecule has 5 atom stereocenters. The van der Waals surface area contributed by atoms with Crippen LogP contribution >= 0.6 is 0 Å². The fourth-order valence-corrected chi connectivity index (χ4v) is 2.92. The highest BCUT2D eigenvalue weighted by atomic mass is 19.1. The van der Waals surface area contributed by atoms with Crippen molar-refractivity contribution in [1.29, 1.82) is 5.41 Å². The van der Waals surface area contributed by atoms with E-state index >= 15 is 0 Å². The summed E-state index contributed by atoms with van der Waals surface area (Å²) in [5.41, 5.74) is 0.00593. The monoisotopic (exact) mass is 297 g/mol. The van der Waals surface area contributed by atoms with Crippen LogP contribution in [0.15, 0.2) is 21.4 Å². The molecule has 0 spiro atoms. The summed E-state index contributed by atoms with van der Waals surface area (Å²) >= 11 is 0. The molecule has 0 amide bonds. The van der Waals surface area contributed by atoms with Crippen molar-refractivity contribution in [3.05, 3.63) is 11.4 Å². The molecule has 5 N–H and O–H groups in total. The van der Waals surface area contributed by atoms with E-state index in [4.69, 9.17) is 10.5 Å². The summed E-state index contributed by atoms with van der Waals surface area (Å²) in [7, 11) is 0. The van der Waals surface area contributed by atoms with Crippen molar-refractivity contribution in [1.82, 2.24) is 10.2 Å². The van der Waals surface area contributed by atoms with Crippen LogP contribution < -0.4 is 5.32 Å². The molecule has 21 heavy (non-hydrogen) atoms. The van der Waals surface area contributed by atoms with Crippen molar-refractivity contribution in [3.63, 3.8) is 0 Å². The van der Waals surface area contributed by atoms with E-state index in [2.05, 4.69) is 15.3 Å². The van der Waals surface area contributed by atoms with Gasteiger partial charge in [0.25, 0.3) is 0 Å². The summed E-state index contributed by atoms with van der Waals surface area (Å²) in [6.45, 7) is -0.311. The molecule has 0 saturated heterocycles. The van der Waals surface area contributed by atoms with E-state index in [0.29, 0.717) is 0 Å². The molecule has 3 aliphatic rings. The molecule has 114 valence electrons. The Balaban J connectivity index is 1.89. The fourth-order valence-electron chi connectivity index (χ4n) is 2.92. The van der Waals surface area contributed by atoms with Crippen molar-refractivity contribution in [2.75, 3.05) is 6.61 Å². The smallest absolute Gasteiger partial charge is 0.151 e. The Bertz CT molecular complexity index is 549. The topological polar surface area (TPSA) is 125 Å². The van der Waals surface area contributed by atoms with Gasteiger partial charge in [0.15, 0.2) is 5.84 Å². The average molecular weight is 297 g/mol. The van der Waals surface area contributed by atoms with Crippen LogP contribution in [0.1, 0.15) is 6.42 Å². The highest BCUT2D eigenvalue weighted by Crippen LogP contribution is 2.36. The van der Waals surface area contributed by atoms with Crippen molar-refractivity contribution < 1.29 is 19.7 Å². The maximum atomic E-state index is 14.5. The summed E-state index contributed by atoms with van der Waals surface area (Å²) in [4.78, 5) is 9.33. The minimum Gasteiger partial charge on any atom is -0.396 e. The molecule has 0 fully saturated rings. The largest absolute Gasteiger partial charge is 0.396 e. The van der Waals surface area contributed by atoms with E-state index in [9.17, 15) is 14.6 Å². The number of rotatable bonds is 3. The van der Waals surface area contributed by atoms with E-state index in [-0.39, 0.29) is 24.4 Å². The van der Waals surface area contributed by atoms with Gasteiger partial charge in [-0.3, -0.25) is 10.4 Å². The third-order valence-electron chi connectivity index (χ3n) is 3.98. The molecule has 0 saturated carbocycles. The summed E-state index contributed by atoms with van der Waals surface area (Å²) < 4.78 is 14.5. The predicted molar refractivity (Wildman–Crippen MR) is 72.9 cm³/mol. The molecule has 0 bridgehead atoms. The molecular formula is C12H16FN5O3. The first kappa shape index (κ1) is 14.1. The third-order valence-corrected chi connectivity index (χ3v) is 3.98. The number of hydrogen-bond donors (Lipinski definition) is 5. The number of hydrogen-bond acceptors (Lipinski definition) is 7. The van der Waals surface area contributed by atoms with Crippen molar-refractivity contribution in [3.8, 4) is 0 Å². The zero-order valence-corrected chi connectivity index (χ0v) is 11.0. The lowest BCUT2D eigenvalue weighted by atomic mass is 10.1. The quantitative estimate of drug-likeness (QED) is 0.426. The summed E-state index contributed by atoms with van der Waals surface area (Å²) in [5, 5.41) is 39.5. The van der Waals surface area contributed by atoms with Gasteiger partial charge in [-0.05, 0) is 12.0 Å². The lowest BCUT2D eigenvalue weighted by Gasteiger charge is -2.35. The normalized spacial score (nSPS) is 38.2. The molecule has 0 aromatic carbocycles. The molecule has 9 heteroatoms. The molecule has 0 radical (unpaired) electrons. The molecule has 2 heterocycles. The summed E-state index contributed by atoms with van der Waals surface area (Å²) in [6, 6.07) is -1.67. The van der Waals surface area contributed by atoms with E-state index in [1.165, 1.54) is 17.6 Å². The predicted octanol–water partition coefficient (Wildman–Crippen LogP) is -1.66. The van der Waals surface area contributed by atoms with Crippen LogP contribution in [0.2, 0.25) is 0 Å². The zero-order chi connectivity index (χ0) is 15.1. The Morgan fingerprint density at radius 2 is 2.19 bits per heavy atom. The van der Waals surface area contributed by atoms with Gasteiger partial charge < -0.3 is 25.5 Å². The number of amidine groups is 1. The molecule has 8 nitrogen and oxygen atoms in total. The van der Waals surface area contributed by atoms with Crippen molar-refractivity contribution in [2.24, 2.45) is 9.98 Å². The molecule has 2 aliphatic heterocycles. The number of aliphatic imine (C=N–C) groups is 2. The Hall–Kier alpha value is -1.84. The van der Waals surface area contributed by atoms with E-state index in [1.54, 1.807) is 0 Å². The number of nitrogens with one attached hydrogen (secondary N) is 2. The van der Waals surface area contributed by atoms with Gasteiger partial charge in [-0.15, -0.1) is 0 Å². The molecule has 1 aliphatic carbocycles. The van der Waals surface area contributed by atoms with Gasteiger partial charge in [0.2, 0.25) is 0 Å². The van der Waals surface area contributed by atoms with Gasteiger partial charge >= 0.3 is 0 Å². The Labute approximate surface area is 119 Å². The van der Waals surface area contributed by atoms with Gasteiger partial charge in [-0.2, -0.15) is 0 Å². The SMILES string of the molecule is N=C1N=CNC2C1N=CN2[C@@H]1C(F)=C(CCO)[C@@H](O)[C@H]1O. The molecule has 2 unspecified atom stereocenters. The second kappa shape index (κ2) is 5.17. The van der Waals surface area contributed by atoms with Crippen LogP contribution in [0.3, 0.4) is 0 Å². The molecule has 3 rings (SSSR count). The van der Waals surface area contributed by atoms with Crippen LogP contribution in [0.5, 0.6) is 0 Å². The summed E-state index contributed by atoms with van der Waals surface area (Å²) in [5.74, 6) is -0.613. The van der Waals surface area contributed by atoms with Gasteiger partial charge in [-0.1, -0.05) is 0 Å². The first-order valence-corrected chi connectivity index (χ1v) is 6.59. The zero-order valence-electron chi connectivity index (χ0n) is 11.0. The summed E-state index contributed by atoms with van der Waals surface area (Å²) in [6.07, 6.45) is -0.587. The Morgan fingerprint density at radius 1 is 1.43 bits per heavy atom. The second-order valence-corrected chi connectivity index (χ2v) is 5.14. The van der Waals surface area contributed by atoms with Crippen LogP contribution in [-0.4, -0.2) is 75.8 Å². The minimum atomic E-state index is -1.36. The van der Waals surface area contributed by atoms with Gasteiger partial charge in [0, 0.05) is 6.61 Å². The Kier molecular flexibility index (Phi) is 3.47. The minimum absolute atomic E-state index is 0.00593. The maximum Gasteiger partial charge on any atom is 0.151 e. The lowest BCUT2D eigenvalue weighted by molar-refractivity contribution is 0.0103. The highest BCUT2D eigenvalue weighted by Gasteiger charge is 2.49. The Morgan fingerprint density at radius 3 is 2.90 bits per heavy atom. The second-order valence-electron chi connectivity index (χ2n) is 5.14. The van der Waals surface area contributed by atoms with E-state index in [0.717, 1.165) is 0 Å². The van der Waals surface area contributed by atoms with Gasteiger partial charge in [0.05, 0.1) is 12.7 Å². The van der Waals surface area contributed by atoms with E-state index in [1.807, 2.05) is 0 Å². The average Bonchev–Trinajstić information content (AvgIpc) is 2.96. The van der Waals surface area contributed by atoms with E-state index < -0.39 is 36.3 Å². The molecule has 0 aromatic rings. The molecular weight excluding hydrogens is 281 g/mol. The van der Waals surface area contributed by atoms with Crippen molar-refractivity contribution in [2.45, 2.75) is 36.9 Å². The standard InChI is InChI=1S/C12H16FN5O3/c13-6-5(1-2-19)9(20)10(21)8(6)18-4-17-7-11(14)15-3-16-12(7)18/h3-4,7-10,12,19-21H,1-2H2,(H2,14,15,16)/t7?,8-,9-,10+,12?/m1/s1. The van der Waals surface area contributed by atoms with Crippen LogP contribution in [-0.2, 0) is 0 Å². The van der Waals surface area contributed by atoms with Crippen LogP contribution in [0, 0.1) is 5.41 Å². The van der Waals surface area contributed by atoms with Gasteiger partial charge in [0.1, 0.15) is 36.3 Å². The first-order chi connectivity index (χ1) is 10.1. The number of halogens is 1. The molecule has 0 aromatic heterocycles. The lowest BCUT2D eigenvalue weighted by Crippen LogP contribution is -2.57. The number of nitrogens with zero attached hydrogens (tertiary/aromatic N) is 3.